The molecular weight excluding hydrogens is 290 g/mol. The Labute approximate surface area is 133 Å². The van der Waals surface area contributed by atoms with Crippen LogP contribution >= 0.6 is 12.4 Å². The zero-order valence-electron chi connectivity index (χ0n) is 13.1. The van der Waals surface area contributed by atoms with Gasteiger partial charge < -0.3 is 19.5 Å². The molecule has 1 fully saturated rings. The molecule has 21 heavy (non-hydrogen) atoms. The molecule has 1 aromatic carbocycles. The molecule has 0 saturated carbocycles. The van der Waals surface area contributed by atoms with Crippen LogP contribution in [0.3, 0.4) is 0 Å². The van der Waals surface area contributed by atoms with Crippen molar-refractivity contribution in [3.05, 3.63) is 23.8 Å². The highest BCUT2D eigenvalue weighted by atomic mass is 35.5. The van der Waals surface area contributed by atoms with Crippen LogP contribution in [0.15, 0.2) is 18.2 Å². The van der Waals surface area contributed by atoms with E-state index < -0.39 is 0 Å². The van der Waals surface area contributed by atoms with E-state index in [1.54, 1.807) is 14.2 Å². The second kappa shape index (κ2) is 9.13. The molecule has 0 aliphatic carbocycles. The van der Waals surface area contributed by atoms with E-state index in [0.29, 0.717) is 5.92 Å². The van der Waals surface area contributed by atoms with Crippen molar-refractivity contribution < 1.29 is 14.2 Å². The van der Waals surface area contributed by atoms with Crippen LogP contribution in [0.5, 0.6) is 11.5 Å². The molecule has 1 aliphatic heterocycles. The molecule has 0 spiro atoms. The highest BCUT2D eigenvalue weighted by Crippen LogP contribution is 2.28. The number of piperidine rings is 1. The number of methoxy groups -OCH3 is 2. The van der Waals surface area contributed by atoms with Crippen LogP contribution in [0, 0.1) is 5.92 Å². The van der Waals surface area contributed by atoms with Gasteiger partial charge in [-0.3, -0.25) is 0 Å². The summed E-state index contributed by atoms with van der Waals surface area (Å²) < 4.78 is 16.6. The van der Waals surface area contributed by atoms with Crippen molar-refractivity contribution in [1.29, 1.82) is 0 Å². The summed E-state index contributed by atoms with van der Waals surface area (Å²) >= 11 is 0. The van der Waals surface area contributed by atoms with Gasteiger partial charge in [-0.2, -0.15) is 0 Å². The molecule has 0 radical (unpaired) electrons. The molecule has 2 rings (SSSR count). The number of halogens is 1. The molecule has 1 heterocycles. The van der Waals surface area contributed by atoms with Gasteiger partial charge in [-0.1, -0.05) is 0 Å². The summed E-state index contributed by atoms with van der Waals surface area (Å²) in [6.07, 6.45) is 2.54. The number of ether oxygens (including phenoxy) is 3. The van der Waals surface area contributed by atoms with Gasteiger partial charge in [-0.25, -0.2) is 0 Å². The molecule has 0 bridgehead atoms. The van der Waals surface area contributed by atoms with Gasteiger partial charge in [0.25, 0.3) is 0 Å². The third-order valence-corrected chi connectivity index (χ3v) is 3.82. The van der Waals surface area contributed by atoms with Crippen LogP contribution < -0.4 is 14.8 Å². The minimum absolute atomic E-state index is 0. The predicted octanol–water partition coefficient (Wildman–Crippen LogP) is 3.20. The Balaban J connectivity index is 0.00000220. The predicted molar refractivity (Wildman–Crippen MR) is 86.8 cm³/mol. The topological polar surface area (TPSA) is 39.7 Å². The highest BCUT2D eigenvalue weighted by molar-refractivity contribution is 5.85. The molecule has 1 saturated heterocycles. The van der Waals surface area contributed by atoms with E-state index in [9.17, 15) is 0 Å². The Morgan fingerprint density at radius 3 is 2.38 bits per heavy atom. The molecule has 0 aromatic heterocycles. The minimum atomic E-state index is 0. The SMILES string of the molecule is COc1cc(OC)cc(C(C)OCC2CCCNC2)c1.Cl. The lowest BCUT2D eigenvalue weighted by molar-refractivity contribution is 0.0333. The maximum Gasteiger partial charge on any atom is 0.122 e. The van der Waals surface area contributed by atoms with Crippen LogP contribution in [-0.2, 0) is 4.74 Å². The van der Waals surface area contributed by atoms with Gasteiger partial charge in [-0.05, 0) is 49.9 Å². The average Bonchev–Trinajstić information content (AvgIpc) is 2.52. The van der Waals surface area contributed by atoms with Crippen LogP contribution in [0.25, 0.3) is 0 Å². The normalized spacial score (nSPS) is 19.5. The maximum atomic E-state index is 6.02. The van der Waals surface area contributed by atoms with Crippen molar-refractivity contribution in [2.45, 2.75) is 25.9 Å². The molecule has 5 heteroatoms. The monoisotopic (exact) mass is 315 g/mol. The van der Waals surface area contributed by atoms with Crippen molar-refractivity contribution in [3.8, 4) is 11.5 Å². The van der Waals surface area contributed by atoms with Gasteiger partial charge in [0.05, 0.1) is 26.9 Å². The summed E-state index contributed by atoms with van der Waals surface area (Å²) in [7, 11) is 3.33. The lowest BCUT2D eigenvalue weighted by Crippen LogP contribution is -2.32. The van der Waals surface area contributed by atoms with E-state index in [1.165, 1.54) is 12.8 Å². The first-order valence-corrected chi connectivity index (χ1v) is 7.28. The molecule has 0 amide bonds. The van der Waals surface area contributed by atoms with E-state index in [1.807, 2.05) is 18.2 Å². The fraction of sp³-hybridized carbons (Fsp3) is 0.625. The lowest BCUT2D eigenvalue weighted by atomic mass is 10.0. The van der Waals surface area contributed by atoms with Crippen molar-refractivity contribution in [2.24, 2.45) is 5.92 Å². The van der Waals surface area contributed by atoms with Crippen molar-refractivity contribution in [3.63, 3.8) is 0 Å². The van der Waals surface area contributed by atoms with Gasteiger partial charge in [0.2, 0.25) is 0 Å². The van der Waals surface area contributed by atoms with Crippen LogP contribution in [0.4, 0.5) is 0 Å². The zero-order valence-corrected chi connectivity index (χ0v) is 13.9. The number of benzene rings is 1. The summed E-state index contributed by atoms with van der Waals surface area (Å²) in [4.78, 5) is 0. The van der Waals surface area contributed by atoms with Crippen molar-refractivity contribution in [1.82, 2.24) is 5.32 Å². The number of nitrogens with one attached hydrogen (secondary N) is 1. The number of hydrogen-bond donors (Lipinski definition) is 1. The van der Waals surface area contributed by atoms with Gasteiger partial charge in [0.1, 0.15) is 11.5 Å². The first kappa shape index (κ1) is 18.1. The molecule has 2 unspecified atom stereocenters. The summed E-state index contributed by atoms with van der Waals surface area (Å²) in [6.45, 7) is 5.07. The summed E-state index contributed by atoms with van der Waals surface area (Å²) in [6, 6.07) is 5.89. The molecule has 120 valence electrons. The first-order valence-electron chi connectivity index (χ1n) is 7.28. The Hall–Kier alpha value is -0.970. The Bertz CT molecular complexity index is 400. The maximum absolute atomic E-state index is 6.02. The van der Waals surface area contributed by atoms with Gasteiger partial charge in [0.15, 0.2) is 0 Å². The zero-order chi connectivity index (χ0) is 14.4. The second-order valence-electron chi connectivity index (χ2n) is 5.33. The third kappa shape index (κ3) is 5.38. The quantitative estimate of drug-likeness (QED) is 0.875. The van der Waals surface area contributed by atoms with E-state index >= 15 is 0 Å². The summed E-state index contributed by atoms with van der Waals surface area (Å²) in [5, 5.41) is 3.41. The number of hydrogen-bond acceptors (Lipinski definition) is 4. The van der Waals surface area contributed by atoms with E-state index in [0.717, 1.165) is 36.8 Å². The fourth-order valence-electron chi connectivity index (χ4n) is 2.51. The first-order chi connectivity index (χ1) is 9.72. The van der Waals surface area contributed by atoms with Crippen molar-refractivity contribution in [2.75, 3.05) is 33.9 Å². The smallest absolute Gasteiger partial charge is 0.122 e. The van der Waals surface area contributed by atoms with E-state index in [2.05, 4.69) is 12.2 Å². The summed E-state index contributed by atoms with van der Waals surface area (Å²) in [5.74, 6) is 2.22. The molecule has 2 atom stereocenters. The average molecular weight is 316 g/mol. The largest absolute Gasteiger partial charge is 0.497 e. The van der Waals surface area contributed by atoms with Crippen LogP contribution in [-0.4, -0.2) is 33.9 Å². The third-order valence-electron chi connectivity index (χ3n) is 3.82. The van der Waals surface area contributed by atoms with Crippen molar-refractivity contribution >= 4 is 12.4 Å². The second-order valence-corrected chi connectivity index (χ2v) is 5.33. The Kier molecular flexibility index (Phi) is 7.86. The molecule has 4 nitrogen and oxygen atoms in total. The summed E-state index contributed by atoms with van der Waals surface area (Å²) in [5.41, 5.74) is 1.09. The van der Waals surface area contributed by atoms with Crippen LogP contribution in [0.1, 0.15) is 31.4 Å². The Morgan fingerprint density at radius 2 is 1.86 bits per heavy atom. The highest BCUT2D eigenvalue weighted by Gasteiger charge is 2.16. The molecule has 1 aliphatic rings. The molecule has 1 N–H and O–H groups in total. The minimum Gasteiger partial charge on any atom is -0.497 e. The standard InChI is InChI=1S/C16H25NO3.ClH/c1-12(20-11-13-5-4-6-17-10-13)14-7-15(18-2)9-16(8-14)19-3;/h7-9,12-13,17H,4-6,10-11H2,1-3H3;1H. The van der Waals surface area contributed by atoms with E-state index in [4.69, 9.17) is 14.2 Å². The molecule has 1 aromatic rings. The fourth-order valence-corrected chi connectivity index (χ4v) is 2.51. The van der Waals surface area contributed by atoms with Crippen LogP contribution in [0.2, 0.25) is 0 Å². The van der Waals surface area contributed by atoms with E-state index in [-0.39, 0.29) is 18.5 Å². The Morgan fingerprint density at radius 1 is 1.19 bits per heavy atom. The van der Waals surface area contributed by atoms with Gasteiger partial charge >= 0.3 is 0 Å². The number of rotatable bonds is 6. The van der Waals surface area contributed by atoms with Gasteiger partial charge in [-0.15, -0.1) is 12.4 Å². The van der Waals surface area contributed by atoms with Gasteiger partial charge in [0, 0.05) is 12.6 Å². The lowest BCUT2D eigenvalue weighted by Gasteiger charge is -2.24. The molecular formula is C16H26ClNO3.